The summed E-state index contributed by atoms with van der Waals surface area (Å²) in [6, 6.07) is 0. The highest BCUT2D eigenvalue weighted by atomic mass is 35.5. The molecule has 0 saturated carbocycles. The molecule has 0 aliphatic rings. The van der Waals surface area contributed by atoms with Gasteiger partial charge in [0.1, 0.15) is 0 Å². The van der Waals surface area contributed by atoms with Crippen molar-refractivity contribution in [1.29, 1.82) is 0 Å². The smallest absolute Gasteiger partial charge is 0.224 e. The van der Waals surface area contributed by atoms with Crippen LogP contribution in [-0.4, -0.2) is 37.4 Å². The van der Waals surface area contributed by atoms with E-state index in [0.717, 1.165) is 23.5 Å². The van der Waals surface area contributed by atoms with Crippen molar-refractivity contribution in [1.82, 2.24) is 24.5 Å². The van der Waals surface area contributed by atoms with Crippen LogP contribution in [0.4, 0.5) is 0 Å². The van der Waals surface area contributed by atoms with Crippen LogP contribution in [0.2, 0.25) is 5.02 Å². The molecule has 0 atom stereocenters. The molecule has 0 saturated heterocycles. The molecule has 6 nitrogen and oxygen atoms in total. The minimum Gasteiger partial charge on any atom is -0.341 e. The second kappa shape index (κ2) is 6.96. The van der Waals surface area contributed by atoms with Gasteiger partial charge in [-0.25, -0.2) is 0 Å². The summed E-state index contributed by atoms with van der Waals surface area (Å²) in [6.07, 6.45) is 3.69. The molecule has 2 rings (SSSR count). The van der Waals surface area contributed by atoms with Gasteiger partial charge in [-0.2, -0.15) is 10.2 Å². The maximum atomic E-state index is 12.3. The highest BCUT2D eigenvalue weighted by Gasteiger charge is 2.16. The second-order valence-electron chi connectivity index (χ2n) is 5.39. The maximum absolute atomic E-state index is 12.3. The summed E-state index contributed by atoms with van der Waals surface area (Å²) < 4.78 is 3.65. The number of nitrogens with zero attached hydrogens (tertiary/aromatic N) is 5. The van der Waals surface area contributed by atoms with Crippen LogP contribution in [0, 0.1) is 13.8 Å². The zero-order valence-corrected chi connectivity index (χ0v) is 14.3. The Hall–Kier alpha value is -1.82. The molecule has 7 heteroatoms. The number of aromatic nitrogens is 4. The second-order valence-corrected chi connectivity index (χ2v) is 5.82. The Balaban J connectivity index is 1.95. The van der Waals surface area contributed by atoms with Crippen LogP contribution in [0.3, 0.4) is 0 Å². The van der Waals surface area contributed by atoms with Gasteiger partial charge in [0.2, 0.25) is 5.91 Å². The minimum atomic E-state index is 0.0784. The Bertz CT molecular complexity index is 661. The van der Waals surface area contributed by atoms with Crippen molar-refractivity contribution in [3.8, 4) is 0 Å². The minimum absolute atomic E-state index is 0.0784. The number of rotatable bonds is 6. The van der Waals surface area contributed by atoms with E-state index in [2.05, 4.69) is 17.1 Å². The monoisotopic (exact) mass is 323 g/mol. The van der Waals surface area contributed by atoms with Crippen molar-refractivity contribution < 1.29 is 4.79 Å². The molecule has 2 aromatic heterocycles. The number of carbonyl (C=O) groups excluding carboxylic acids is 1. The van der Waals surface area contributed by atoms with Gasteiger partial charge in [0.05, 0.1) is 16.9 Å². The standard InChI is InChI=1S/C15H22ClN5O/c1-5-21-12(3)14(11(2)18-21)10-19(4)15(22)6-7-20-9-13(16)8-17-20/h8-9H,5-7,10H2,1-4H3. The van der Waals surface area contributed by atoms with E-state index in [-0.39, 0.29) is 5.91 Å². The third-order valence-corrected chi connectivity index (χ3v) is 4.00. The van der Waals surface area contributed by atoms with E-state index in [9.17, 15) is 4.79 Å². The number of amides is 1. The van der Waals surface area contributed by atoms with E-state index in [1.54, 1.807) is 22.0 Å². The van der Waals surface area contributed by atoms with Gasteiger partial charge in [-0.05, 0) is 20.8 Å². The van der Waals surface area contributed by atoms with Gasteiger partial charge in [-0.3, -0.25) is 14.2 Å². The molecule has 0 fully saturated rings. The predicted molar refractivity (Wildman–Crippen MR) is 85.7 cm³/mol. The topological polar surface area (TPSA) is 56.0 Å². The average Bonchev–Trinajstić information content (AvgIpc) is 3.02. The van der Waals surface area contributed by atoms with Crippen LogP contribution in [0.1, 0.15) is 30.3 Å². The highest BCUT2D eigenvalue weighted by molar-refractivity contribution is 6.30. The molecule has 120 valence electrons. The summed E-state index contributed by atoms with van der Waals surface area (Å²) in [6.45, 7) is 8.04. The molecule has 0 N–H and O–H groups in total. The molecule has 0 aliphatic carbocycles. The molecule has 22 heavy (non-hydrogen) atoms. The molecule has 0 aliphatic heterocycles. The quantitative estimate of drug-likeness (QED) is 0.820. The molecule has 2 heterocycles. The lowest BCUT2D eigenvalue weighted by Gasteiger charge is -2.17. The first-order valence-electron chi connectivity index (χ1n) is 7.37. The van der Waals surface area contributed by atoms with E-state index in [1.807, 2.05) is 25.6 Å². The van der Waals surface area contributed by atoms with Crippen molar-refractivity contribution in [2.24, 2.45) is 0 Å². The SMILES string of the molecule is CCn1nc(C)c(CN(C)C(=O)CCn2cc(Cl)cn2)c1C. The summed E-state index contributed by atoms with van der Waals surface area (Å²) >= 11 is 5.81. The summed E-state index contributed by atoms with van der Waals surface area (Å²) in [5.41, 5.74) is 3.23. The zero-order chi connectivity index (χ0) is 16.3. The van der Waals surface area contributed by atoms with Gasteiger partial charge in [0, 0.05) is 50.6 Å². The van der Waals surface area contributed by atoms with Gasteiger partial charge in [0.15, 0.2) is 0 Å². The Morgan fingerprint density at radius 3 is 2.68 bits per heavy atom. The van der Waals surface area contributed by atoms with Crippen molar-refractivity contribution in [2.45, 2.75) is 46.8 Å². The van der Waals surface area contributed by atoms with Crippen molar-refractivity contribution in [2.75, 3.05) is 7.05 Å². The van der Waals surface area contributed by atoms with Gasteiger partial charge >= 0.3 is 0 Å². The fraction of sp³-hybridized carbons (Fsp3) is 0.533. The van der Waals surface area contributed by atoms with E-state index in [4.69, 9.17) is 11.6 Å². The summed E-state index contributed by atoms with van der Waals surface area (Å²) in [7, 11) is 1.82. The van der Waals surface area contributed by atoms with Gasteiger partial charge in [-0.15, -0.1) is 0 Å². The molecule has 0 spiro atoms. The van der Waals surface area contributed by atoms with E-state index in [0.29, 0.717) is 24.5 Å². The number of hydrogen-bond acceptors (Lipinski definition) is 3. The first kappa shape index (κ1) is 16.5. The third-order valence-electron chi connectivity index (χ3n) is 3.81. The lowest BCUT2D eigenvalue weighted by molar-refractivity contribution is -0.130. The van der Waals surface area contributed by atoms with Crippen LogP contribution >= 0.6 is 11.6 Å². The first-order valence-corrected chi connectivity index (χ1v) is 7.75. The Kier molecular flexibility index (Phi) is 5.24. The summed E-state index contributed by atoms with van der Waals surface area (Å²) in [4.78, 5) is 14.0. The van der Waals surface area contributed by atoms with Crippen LogP contribution in [0.15, 0.2) is 12.4 Å². The number of halogens is 1. The first-order chi connectivity index (χ1) is 10.4. The fourth-order valence-electron chi connectivity index (χ4n) is 2.46. The van der Waals surface area contributed by atoms with Gasteiger partial charge in [0.25, 0.3) is 0 Å². The highest BCUT2D eigenvalue weighted by Crippen LogP contribution is 2.15. The lowest BCUT2D eigenvalue weighted by atomic mass is 10.2. The van der Waals surface area contributed by atoms with Crippen molar-refractivity contribution >= 4 is 17.5 Å². The maximum Gasteiger partial charge on any atom is 0.224 e. The third kappa shape index (κ3) is 3.68. The van der Waals surface area contributed by atoms with E-state index >= 15 is 0 Å². The normalized spacial score (nSPS) is 11.0. The van der Waals surface area contributed by atoms with Crippen molar-refractivity contribution in [3.63, 3.8) is 0 Å². The lowest BCUT2D eigenvalue weighted by Crippen LogP contribution is -2.27. The molecule has 0 radical (unpaired) electrons. The van der Waals surface area contributed by atoms with E-state index < -0.39 is 0 Å². The Morgan fingerprint density at radius 1 is 1.41 bits per heavy atom. The molecule has 1 amide bonds. The molecule has 0 unspecified atom stereocenters. The van der Waals surface area contributed by atoms with Gasteiger partial charge in [-0.1, -0.05) is 11.6 Å². The van der Waals surface area contributed by atoms with E-state index in [1.165, 1.54) is 0 Å². The fourth-order valence-corrected chi connectivity index (χ4v) is 2.61. The largest absolute Gasteiger partial charge is 0.341 e. The van der Waals surface area contributed by atoms with Crippen LogP contribution < -0.4 is 0 Å². The predicted octanol–water partition coefficient (Wildman–Crippen LogP) is 2.42. The van der Waals surface area contributed by atoms with Crippen LogP contribution in [0.5, 0.6) is 0 Å². The zero-order valence-electron chi connectivity index (χ0n) is 13.5. The van der Waals surface area contributed by atoms with Gasteiger partial charge < -0.3 is 4.90 Å². The summed E-state index contributed by atoms with van der Waals surface area (Å²) in [5, 5.41) is 9.14. The molecular weight excluding hydrogens is 302 g/mol. The molecule has 0 bridgehead atoms. The number of aryl methyl sites for hydroxylation is 3. The Labute approximate surface area is 135 Å². The number of hydrogen-bond donors (Lipinski definition) is 0. The Morgan fingerprint density at radius 2 is 2.14 bits per heavy atom. The summed E-state index contributed by atoms with van der Waals surface area (Å²) in [5.74, 6) is 0.0784. The van der Waals surface area contributed by atoms with Crippen LogP contribution in [0.25, 0.3) is 0 Å². The van der Waals surface area contributed by atoms with Crippen LogP contribution in [-0.2, 0) is 24.4 Å². The molecular formula is C15H22ClN5O. The molecule has 2 aromatic rings. The average molecular weight is 324 g/mol. The molecule has 0 aromatic carbocycles. The number of carbonyl (C=O) groups is 1. The van der Waals surface area contributed by atoms with Crippen molar-refractivity contribution in [3.05, 3.63) is 34.4 Å².